The Morgan fingerprint density at radius 3 is 2.16 bits per heavy atom. The van der Waals surface area contributed by atoms with Gasteiger partial charge in [-0.25, -0.2) is 0 Å². The standard InChI is InChI=1S/C63H48S/c1-39-17-16-27-53-58(39)61(41-18-6-5-7-19-41)62-54(35-36-64-62)60(53)43-31-29-42(30-32-43)59(55-37-45-20-8-9-22-47(45)48-23-11-12-24-49(48)55)52-26-13-10-21-46(52)40(2)44-33-34-51-50-25-14-15-28-56(50)63(3,4)57(51)38-44/h5-16,18-29,31-39H,2,17,30H2,1,3-4H3/b59-42+. The van der Waals surface area contributed by atoms with Crippen molar-refractivity contribution in [3.63, 3.8) is 0 Å². The van der Waals surface area contributed by atoms with E-state index in [1.807, 2.05) is 11.3 Å². The van der Waals surface area contributed by atoms with Crippen molar-refractivity contribution in [2.75, 3.05) is 0 Å². The van der Waals surface area contributed by atoms with Crippen LogP contribution in [0.2, 0.25) is 0 Å². The summed E-state index contributed by atoms with van der Waals surface area (Å²) in [6, 6.07) is 58.5. The molecule has 3 aliphatic carbocycles. The van der Waals surface area contributed by atoms with Gasteiger partial charge in [-0.05, 0) is 153 Å². The highest BCUT2D eigenvalue weighted by molar-refractivity contribution is 7.17. The summed E-state index contributed by atoms with van der Waals surface area (Å²) in [5.74, 6) is 0.425. The van der Waals surface area contributed by atoms with E-state index in [-0.39, 0.29) is 5.41 Å². The summed E-state index contributed by atoms with van der Waals surface area (Å²) in [6.07, 6.45) is 14.0. The Hall–Kier alpha value is -7.06. The van der Waals surface area contributed by atoms with Crippen LogP contribution < -0.4 is 0 Å². The number of thiophene rings is 1. The molecule has 8 aromatic carbocycles. The number of rotatable bonds is 6. The third-order valence-electron chi connectivity index (χ3n) is 14.4. The summed E-state index contributed by atoms with van der Waals surface area (Å²) in [6.45, 7) is 12.0. The Balaban J connectivity index is 1.05. The molecule has 1 atom stereocenters. The van der Waals surface area contributed by atoms with Crippen molar-refractivity contribution in [1.29, 1.82) is 0 Å². The molecule has 0 fully saturated rings. The van der Waals surface area contributed by atoms with Crippen molar-refractivity contribution in [3.05, 3.63) is 250 Å². The quantitative estimate of drug-likeness (QED) is 0.146. The minimum Gasteiger partial charge on any atom is -0.143 e. The van der Waals surface area contributed by atoms with Crippen molar-refractivity contribution in [1.82, 2.24) is 0 Å². The van der Waals surface area contributed by atoms with Gasteiger partial charge in [0.2, 0.25) is 0 Å². The second-order valence-corrected chi connectivity index (χ2v) is 19.3. The lowest BCUT2D eigenvalue weighted by atomic mass is 9.77. The fourth-order valence-electron chi connectivity index (χ4n) is 11.3. The first kappa shape index (κ1) is 38.6. The van der Waals surface area contributed by atoms with Crippen LogP contribution >= 0.6 is 11.3 Å². The van der Waals surface area contributed by atoms with Gasteiger partial charge in [0.1, 0.15) is 0 Å². The van der Waals surface area contributed by atoms with E-state index in [0.29, 0.717) is 5.92 Å². The van der Waals surface area contributed by atoms with Crippen molar-refractivity contribution < 1.29 is 0 Å². The first-order chi connectivity index (χ1) is 31.4. The highest BCUT2D eigenvalue weighted by Gasteiger charge is 2.35. The molecule has 3 aliphatic rings. The molecule has 1 heterocycles. The summed E-state index contributed by atoms with van der Waals surface area (Å²) in [5.41, 5.74) is 21.9. The molecular formula is C63H48S. The van der Waals surface area contributed by atoms with E-state index in [4.69, 9.17) is 6.58 Å². The predicted molar refractivity (Wildman–Crippen MR) is 277 cm³/mol. The van der Waals surface area contributed by atoms with Crippen LogP contribution in [0.1, 0.15) is 89.6 Å². The van der Waals surface area contributed by atoms with Gasteiger partial charge >= 0.3 is 0 Å². The van der Waals surface area contributed by atoms with Gasteiger partial charge in [-0.1, -0.05) is 197 Å². The van der Waals surface area contributed by atoms with E-state index in [2.05, 4.69) is 214 Å². The molecule has 1 unspecified atom stereocenters. The van der Waals surface area contributed by atoms with Gasteiger partial charge in [0, 0.05) is 21.1 Å². The average Bonchev–Trinajstić information content (AvgIpc) is 3.91. The van der Waals surface area contributed by atoms with E-state index in [9.17, 15) is 0 Å². The molecule has 0 bridgehead atoms. The highest BCUT2D eigenvalue weighted by Crippen LogP contribution is 2.52. The van der Waals surface area contributed by atoms with Gasteiger partial charge in [-0.15, -0.1) is 11.3 Å². The summed E-state index contributed by atoms with van der Waals surface area (Å²) in [7, 11) is 0. The second-order valence-electron chi connectivity index (χ2n) is 18.4. The Labute approximate surface area is 380 Å². The Bertz CT molecular complexity index is 3540. The van der Waals surface area contributed by atoms with Crippen LogP contribution in [-0.4, -0.2) is 0 Å². The largest absolute Gasteiger partial charge is 0.143 e. The number of allylic oxidation sites excluding steroid dienone is 6. The van der Waals surface area contributed by atoms with E-state index in [0.717, 1.165) is 29.5 Å². The highest BCUT2D eigenvalue weighted by atomic mass is 32.1. The van der Waals surface area contributed by atoms with Crippen LogP contribution in [0.15, 0.2) is 200 Å². The summed E-state index contributed by atoms with van der Waals surface area (Å²) >= 11 is 1.88. The van der Waals surface area contributed by atoms with E-state index < -0.39 is 0 Å². The zero-order valence-electron chi connectivity index (χ0n) is 36.6. The Morgan fingerprint density at radius 1 is 0.609 bits per heavy atom. The smallest absolute Gasteiger partial charge is 0.0430 e. The lowest BCUT2D eigenvalue weighted by molar-refractivity contribution is 0.660. The monoisotopic (exact) mass is 836 g/mol. The van der Waals surface area contributed by atoms with Gasteiger partial charge in [0.25, 0.3) is 0 Å². The van der Waals surface area contributed by atoms with Crippen LogP contribution in [0.5, 0.6) is 0 Å². The van der Waals surface area contributed by atoms with Crippen LogP contribution in [0.4, 0.5) is 0 Å². The molecule has 0 aliphatic heterocycles. The number of hydrogen-bond acceptors (Lipinski definition) is 1. The van der Waals surface area contributed by atoms with Gasteiger partial charge < -0.3 is 0 Å². The topological polar surface area (TPSA) is 0 Å². The lowest BCUT2D eigenvalue weighted by Gasteiger charge is -2.27. The van der Waals surface area contributed by atoms with Crippen molar-refractivity contribution in [2.24, 2.45) is 0 Å². The SMILES string of the molecule is C=C(c1ccc2c(c1)C(C)(C)c1ccccc1-2)c1ccccc1/C(=C1/C=CC(c2c3c(c(-c4ccccc4)c4sccc24)C(C)CC=C3)=CC1)c1cc2ccccc2c2ccccc12. The Morgan fingerprint density at radius 2 is 1.33 bits per heavy atom. The normalized spacial score (nSPS) is 16.7. The van der Waals surface area contributed by atoms with Crippen molar-refractivity contribution in [3.8, 4) is 22.3 Å². The predicted octanol–water partition coefficient (Wildman–Crippen LogP) is 17.6. The third kappa shape index (κ3) is 5.95. The van der Waals surface area contributed by atoms with Crippen LogP contribution in [0.25, 0.3) is 76.7 Å². The van der Waals surface area contributed by atoms with E-state index >= 15 is 0 Å². The first-order valence-electron chi connectivity index (χ1n) is 22.7. The number of fused-ring (bicyclic) bond motifs is 8. The van der Waals surface area contributed by atoms with E-state index in [1.54, 1.807) is 0 Å². The van der Waals surface area contributed by atoms with Gasteiger partial charge in [0.05, 0.1) is 0 Å². The molecule has 0 nitrogen and oxygen atoms in total. The molecular weight excluding hydrogens is 789 g/mol. The summed E-state index contributed by atoms with van der Waals surface area (Å²) in [4.78, 5) is 0. The maximum absolute atomic E-state index is 4.91. The van der Waals surface area contributed by atoms with Crippen LogP contribution in [0.3, 0.4) is 0 Å². The van der Waals surface area contributed by atoms with Crippen LogP contribution in [-0.2, 0) is 5.41 Å². The van der Waals surface area contributed by atoms with Crippen molar-refractivity contribution in [2.45, 2.75) is 44.9 Å². The molecule has 9 aromatic rings. The molecule has 0 saturated heterocycles. The van der Waals surface area contributed by atoms with E-state index in [1.165, 1.54) is 110 Å². The molecule has 0 N–H and O–H groups in total. The molecule has 0 amide bonds. The maximum atomic E-state index is 4.91. The summed E-state index contributed by atoms with van der Waals surface area (Å²) < 4.78 is 1.38. The van der Waals surface area contributed by atoms with Gasteiger partial charge in [0.15, 0.2) is 0 Å². The zero-order chi connectivity index (χ0) is 43.1. The molecule has 0 radical (unpaired) electrons. The average molecular weight is 837 g/mol. The fraction of sp³-hybridized carbons (Fsp3) is 0.111. The molecule has 0 spiro atoms. The number of benzene rings is 8. The van der Waals surface area contributed by atoms with Crippen LogP contribution in [0, 0.1) is 0 Å². The second kappa shape index (κ2) is 15.0. The van der Waals surface area contributed by atoms with Crippen molar-refractivity contribution >= 4 is 65.8 Å². The fourth-order valence-corrected chi connectivity index (χ4v) is 12.3. The molecule has 12 rings (SSSR count). The maximum Gasteiger partial charge on any atom is 0.0430 e. The minimum absolute atomic E-state index is 0.0979. The molecule has 64 heavy (non-hydrogen) atoms. The molecule has 1 heteroatoms. The Kier molecular flexibility index (Phi) is 9.07. The molecule has 1 aromatic heterocycles. The van der Waals surface area contributed by atoms with Gasteiger partial charge in [-0.2, -0.15) is 0 Å². The third-order valence-corrected chi connectivity index (χ3v) is 15.4. The molecule has 306 valence electrons. The summed E-state index contributed by atoms with van der Waals surface area (Å²) in [5, 5.41) is 8.67. The van der Waals surface area contributed by atoms with Gasteiger partial charge in [-0.3, -0.25) is 0 Å². The zero-order valence-corrected chi connectivity index (χ0v) is 37.4. The minimum atomic E-state index is -0.0979. The lowest BCUT2D eigenvalue weighted by Crippen LogP contribution is -2.15. The first-order valence-corrected chi connectivity index (χ1v) is 23.6. The number of hydrogen-bond donors (Lipinski definition) is 0. The molecule has 0 saturated carbocycles.